The molecular weight excluding hydrogens is 138 g/mol. The zero-order valence-corrected chi connectivity index (χ0v) is 7.21. The number of hydrogen-bond donors (Lipinski definition) is 1. The molecule has 11 heavy (non-hydrogen) atoms. The third-order valence-electron chi connectivity index (χ3n) is 2.57. The average molecular weight is 155 g/mol. The minimum atomic E-state index is 0.582. The van der Waals surface area contributed by atoms with E-state index in [4.69, 9.17) is 5.21 Å². The van der Waals surface area contributed by atoms with Crippen molar-refractivity contribution in [3.63, 3.8) is 0 Å². The predicted molar refractivity (Wildman–Crippen MR) is 46.1 cm³/mol. The Morgan fingerprint density at radius 1 is 1.36 bits per heavy atom. The lowest BCUT2D eigenvalue weighted by molar-refractivity contribution is 0.308. The molecule has 1 fully saturated rings. The van der Waals surface area contributed by atoms with Crippen LogP contribution in [0.25, 0.3) is 0 Å². The number of rotatable bonds is 2. The Kier molecular flexibility index (Phi) is 3.40. The van der Waals surface area contributed by atoms with Crippen LogP contribution in [0.2, 0.25) is 0 Å². The summed E-state index contributed by atoms with van der Waals surface area (Å²) in [7, 11) is 0. The molecule has 1 saturated carbocycles. The monoisotopic (exact) mass is 155 g/mol. The van der Waals surface area contributed by atoms with E-state index in [-0.39, 0.29) is 0 Å². The zero-order chi connectivity index (χ0) is 8.10. The molecule has 0 unspecified atom stereocenters. The van der Waals surface area contributed by atoms with E-state index >= 15 is 0 Å². The van der Waals surface area contributed by atoms with Crippen LogP contribution in [0.1, 0.15) is 45.4 Å². The van der Waals surface area contributed by atoms with Gasteiger partial charge in [0.05, 0.1) is 5.71 Å². The molecule has 1 N–H and O–H groups in total. The molecule has 0 amide bonds. The average Bonchev–Trinajstić information content (AvgIpc) is 2.09. The number of hydrogen-bond acceptors (Lipinski definition) is 2. The maximum atomic E-state index is 8.67. The Hall–Kier alpha value is -0.530. The fraction of sp³-hybridized carbons (Fsp3) is 0.889. The standard InChI is InChI=1S/C9H17NO/c1-2-9(10-11)8-6-4-3-5-7-8/h8,11H,2-7H2,1H3/b10-9-. The second-order valence-electron chi connectivity index (χ2n) is 3.28. The van der Waals surface area contributed by atoms with Crippen molar-refractivity contribution in [2.45, 2.75) is 45.4 Å². The van der Waals surface area contributed by atoms with Crippen molar-refractivity contribution in [1.29, 1.82) is 0 Å². The summed E-state index contributed by atoms with van der Waals surface area (Å²) in [6, 6.07) is 0. The van der Waals surface area contributed by atoms with Gasteiger partial charge in [-0.3, -0.25) is 0 Å². The quantitative estimate of drug-likeness (QED) is 0.371. The molecule has 0 saturated heterocycles. The van der Waals surface area contributed by atoms with Crippen molar-refractivity contribution in [2.75, 3.05) is 0 Å². The fourth-order valence-electron chi connectivity index (χ4n) is 1.88. The first-order valence-electron chi connectivity index (χ1n) is 4.59. The van der Waals surface area contributed by atoms with Crippen LogP contribution in [0.15, 0.2) is 5.16 Å². The molecule has 0 aromatic carbocycles. The first-order chi connectivity index (χ1) is 5.38. The Bertz CT molecular complexity index is 136. The molecule has 64 valence electrons. The molecule has 0 spiro atoms. The van der Waals surface area contributed by atoms with Gasteiger partial charge in [0.25, 0.3) is 0 Å². The Labute approximate surface area is 68.3 Å². The van der Waals surface area contributed by atoms with Gasteiger partial charge in [-0.05, 0) is 19.3 Å². The van der Waals surface area contributed by atoms with Gasteiger partial charge in [0.2, 0.25) is 0 Å². The minimum Gasteiger partial charge on any atom is -0.411 e. The first-order valence-corrected chi connectivity index (χ1v) is 4.59. The van der Waals surface area contributed by atoms with Crippen LogP contribution in [0.4, 0.5) is 0 Å². The van der Waals surface area contributed by atoms with Crippen LogP contribution < -0.4 is 0 Å². The van der Waals surface area contributed by atoms with Gasteiger partial charge in [-0.15, -0.1) is 0 Å². The first kappa shape index (κ1) is 8.57. The molecule has 1 aliphatic carbocycles. The molecule has 0 heterocycles. The van der Waals surface area contributed by atoms with Crippen LogP contribution in [0, 0.1) is 5.92 Å². The van der Waals surface area contributed by atoms with Crippen molar-refractivity contribution < 1.29 is 5.21 Å². The summed E-state index contributed by atoms with van der Waals surface area (Å²) in [5.74, 6) is 0.582. The highest BCUT2D eigenvalue weighted by molar-refractivity contribution is 5.85. The molecule has 0 atom stereocenters. The molecule has 2 nitrogen and oxygen atoms in total. The summed E-state index contributed by atoms with van der Waals surface area (Å²) in [5.41, 5.74) is 1.00. The van der Waals surface area contributed by atoms with E-state index < -0.39 is 0 Å². The van der Waals surface area contributed by atoms with Crippen molar-refractivity contribution in [3.8, 4) is 0 Å². The second-order valence-corrected chi connectivity index (χ2v) is 3.28. The lowest BCUT2D eigenvalue weighted by atomic mass is 9.85. The summed E-state index contributed by atoms with van der Waals surface area (Å²) >= 11 is 0. The lowest BCUT2D eigenvalue weighted by Gasteiger charge is -2.21. The topological polar surface area (TPSA) is 32.6 Å². The van der Waals surface area contributed by atoms with Crippen LogP contribution in [-0.2, 0) is 0 Å². The smallest absolute Gasteiger partial charge is 0.0598 e. The summed E-state index contributed by atoms with van der Waals surface area (Å²) in [6.45, 7) is 2.06. The highest BCUT2D eigenvalue weighted by Gasteiger charge is 2.17. The van der Waals surface area contributed by atoms with Crippen molar-refractivity contribution >= 4 is 5.71 Å². The molecule has 0 aromatic rings. The highest BCUT2D eigenvalue weighted by Crippen LogP contribution is 2.25. The molecule has 1 rings (SSSR count). The molecule has 0 aliphatic heterocycles. The van der Waals surface area contributed by atoms with E-state index in [2.05, 4.69) is 12.1 Å². The maximum absolute atomic E-state index is 8.67. The Balaban J connectivity index is 2.43. The summed E-state index contributed by atoms with van der Waals surface area (Å²) in [4.78, 5) is 0. The van der Waals surface area contributed by atoms with Gasteiger partial charge in [0.1, 0.15) is 0 Å². The van der Waals surface area contributed by atoms with Gasteiger partial charge in [0.15, 0.2) is 0 Å². The van der Waals surface area contributed by atoms with Crippen molar-refractivity contribution in [2.24, 2.45) is 11.1 Å². The largest absolute Gasteiger partial charge is 0.411 e. The molecular formula is C9H17NO. The summed E-state index contributed by atoms with van der Waals surface area (Å²) < 4.78 is 0. The number of oxime groups is 1. The van der Waals surface area contributed by atoms with E-state index in [0.29, 0.717) is 5.92 Å². The van der Waals surface area contributed by atoms with Crippen molar-refractivity contribution in [1.82, 2.24) is 0 Å². The third-order valence-corrected chi connectivity index (χ3v) is 2.57. The summed E-state index contributed by atoms with van der Waals surface area (Å²) in [5, 5.41) is 12.0. The minimum absolute atomic E-state index is 0.582. The van der Waals surface area contributed by atoms with Gasteiger partial charge >= 0.3 is 0 Å². The molecule has 1 aliphatic rings. The van der Waals surface area contributed by atoms with Crippen LogP contribution >= 0.6 is 0 Å². The van der Waals surface area contributed by atoms with Gasteiger partial charge in [-0.2, -0.15) is 0 Å². The van der Waals surface area contributed by atoms with E-state index in [0.717, 1.165) is 12.1 Å². The molecule has 0 radical (unpaired) electrons. The highest BCUT2D eigenvalue weighted by atomic mass is 16.4. The molecule has 2 heteroatoms. The normalized spacial score (nSPS) is 22.1. The Morgan fingerprint density at radius 3 is 2.45 bits per heavy atom. The van der Waals surface area contributed by atoms with Crippen LogP contribution in [0.3, 0.4) is 0 Å². The van der Waals surface area contributed by atoms with Crippen LogP contribution in [0.5, 0.6) is 0 Å². The van der Waals surface area contributed by atoms with Crippen molar-refractivity contribution in [3.05, 3.63) is 0 Å². The second kappa shape index (κ2) is 4.37. The van der Waals surface area contributed by atoms with Gasteiger partial charge in [-0.25, -0.2) is 0 Å². The lowest BCUT2D eigenvalue weighted by Crippen LogP contribution is -2.16. The van der Waals surface area contributed by atoms with Gasteiger partial charge in [0, 0.05) is 5.92 Å². The molecule has 0 bridgehead atoms. The third kappa shape index (κ3) is 2.21. The van der Waals surface area contributed by atoms with E-state index in [1.165, 1.54) is 32.1 Å². The predicted octanol–water partition coefficient (Wildman–Crippen LogP) is 2.81. The van der Waals surface area contributed by atoms with E-state index in [1.54, 1.807) is 0 Å². The van der Waals surface area contributed by atoms with Gasteiger partial charge in [-0.1, -0.05) is 31.3 Å². The van der Waals surface area contributed by atoms with Crippen LogP contribution in [-0.4, -0.2) is 10.9 Å². The SMILES string of the molecule is CC/C(=N/O)C1CCCCC1. The zero-order valence-electron chi connectivity index (χ0n) is 7.21. The van der Waals surface area contributed by atoms with Gasteiger partial charge < -0.3 is 5.21 Å². The van der Waals surface area contributed by atoms with E-state index in [1.807, 2.05) is 0 Å². The van der Waals surface area contributed by atoms with E-state index in [9.17, 15) is 0 Å². The maximum Gasteiger partial charge on any atom is 0.0598 e. The Morgan fingerprint density at radius 2 is 2.00 bits per heavy atom. The summed E-state index contributed by atoms with van der Waals surface area (Å²) in [6.07, 6.45) is 7.34. The fourth-order valence-corrected chi connectivity index (χ4v) is 1.88. The number of nitrogens with zero attached hydrogens (tertiary/aromatic N) is 1. The molecule has 0 aromatic heterocycles.